The van der Waals surface area contributed by atoms with Gasteiger partial charge in [-0.3, -0.25) is 14.4 Å². The van der Waals surface area contributed by atoms with Crippen LogP contribution in [-0.4, -0.2) is 40.6 Å². The van der Waals surface area contributed by atoms with Crippen LogP contribution in [0.4, 0.5) is 5.13 Å². The van der Waals surface area contributed by atoms with Crippen molar-refractivity contribution in [2.24, 2.45) is 5.92 Å². The Morgan fingerprint density at radius 3 is 2.52 bits per heavy atom. The highest BCUT2D eigenvalue weighted by molar-refractivity contribution is 7.17. The van der Waals surface area contributed by atoms with E-state index < -0.39 is 0 Å². The van der Waals surface area contributed by atoms with Gasteiger partial charge in [0.2, 0.25) is 11.8 Å². The maximum Gasteiger partial charge on any atom is 0.246 e. The van der Waals surface area contributed by atoms with Crippen LogP contribution in [0.15, 0.2) is 42.6 Å². The highest BCUT2D eigenvalue weighted by atomic mass is 32.1. The number of nitrogens with zero attached hydrogens (tertiary/aromatic N) is 2. The van der Waals surface area contributed by atoms with Crippen molar-refractivity contribution in [1.29, 1.82) is 0 Å². The monoisotopic (exact) mass is 383 g/mol. The van der Waals surface area contributed by atoms with E-state index in [9.17, 15) is 14.4 Å². The molecule has 2 amide bonds. The van der Waals surface area contributed by atoms with Gasteiger partial charge in [0.05, 0.1) is 11.1 Å². The van der Waals surface area contributed by atoms with E-state index in [1.54, 1.807) is 17.1 Å². The maximum atomic E-state index is 12.4. The second kappa shape index (κ2) is 8.73. The molecule has 7 heteroatoms. The van der Waals surface area contributed by atoms with E-state index in [2.05, 4.69) is 10.3 Å². The SMILES string of the molecule is CC(=O)c1cnc(NC(=O)C2CCN(C(=O)C=Cc3ccccc3)CC2)s1. The summed E-state index contributed by atoms with van der Waals surface area (Å²) in [5.74, 6) is -0.365. The molecule has 6 nitrogen and oxygen atoms in total. The van der Waals surface area contributed by atoms with Gasteiger partial charge in [-0.25, -0.2) is 4.98 Å². The molecule has 2 heterocycles. The van der Waals surface area contributed by atoms with Crippen LogP contribution in [0.5, 0.6) is 0 Å². The van der Waals surface area contributed by atoms with Gasteiger partial charge >= 0.3 is 0 Å². The fraction of sp³-hybridized carbons (Fsp3) is 0.300. The number of amides is 2. The van der Waals surface area contributed by atoms with Crippen molar-refractivity contribution in [3.63, 3.8) is 0 Å². The predicted octanol–water partition coefficient (Wildman–Crippen LogP) is 3.24. The van der Waals surface area contributed by atoms with Crippen molar-refractivity contribution in [1.82, 2.24) is 9.88 Å². The van der Waals surface area contributed by atoms with Gasteiger partial charge in [-0.1, -0.05) is 41.7 Å². The minimum Gasteiger partial charge on any atom is -0.339 e. The highest BCUT2D eigenvalue weighted by Crippen LogP contribution is 2.23. The molecule has 0 spiro atoms. The Morgan fingerprint density at radius 1 is 1.19 bits per heavy atom. The first kappa shape index (κ1) is 19.0. The number of carbonyl (C=O) groups is 3. The Hall–Kier alpha value is -2.80. The molecule has 1 aromatic carbocycles. The molecule has 0 unspecified atom stereocenters. The lowest BCUT2D eigenvalue weighted by molar-refractivity contribution is -0.130. The van der Waals surface area contributed by atoms with Gasteiger partial charge in [-0.15, -0.1) is 0 Å². The fourth-order valence-corrected chi connectivity index (χ4v) is 3.62. The Morgan fingerprint density at radius 2 is 1.89 bits per heavy atom. The van der Waals surface area contributed by atoms with Crippen LogP contribution in [0.25, 0.3) is 6.08 Å². The Bertz CT molecular complexity index is 852. The smallest absolute Gasteiger partial charge is 0.246 e. The Labute approximate surface area is 161 Å². The van der Waals surface area contributed by atoms with Crippen LogP contribution >= 0.6 is 11.3 Å². The molecule has 1 aliphatic rings. The number of carbonyl (C=O) groups excluding carboxylic acids is 3. The summed E-state index contributed by atoms with van der Waals surface area (Å²) in [5, 5.41) is 3.22. The maximum absolute atomic E-state index is 12.4. The van der Waals surface area contributed by atoms with Crippen LogP contribution in [0.2, 0.25) is 0 Å². The van der Waals surface area contributed by atoms with E-state index in [0.29, 0.717) is 35.9 Å². The molecule has 3 rings (SSSR count). The van der Waals surface area contributed by atoms with Crippen LogP contribution in [-0.2, 0) is 9.59 Å². The topological polar surface area (TPSA) is 79.4 Å². The number of ketones is 1. The summed E-state index contributed by atoms with van der Waals surface area (Å²) in [4.78, 5) is 42.3. The molecule has 2 aromatic rings. The minimum atomic E-state index is -0.156. The standard InChI is InChI=1S/C20H21N3O3S/c1-14(24)17-13-21-20(27-17)22-19(26)16-9-11-23(12-10-16)18(25)8-7-15-5-3-2-4-6-15/h2-8,13,16H,9-12H2,1H3,(H,21,22,26). The number of benzene rings is 1. The quantitative estimate of drug-likeness (QED) is 0.635. The molecule has 140 valence electrons. The number of aromatic nitrogens is 1. The lowest BCUT2D eigenvalue weighted by Crippen LogP contribution is -2.40. The molecule has 1 N–H and O–H groups in total. The van der Waals surface area contributed by atoms with Gasteiger partial charge < -0.3 is 10.2 Å². The third-order valence-corrected chi connectivity index (χ3v) is 5.49. The molecule has 1 aromatic heterocycles. The second-order valence-electron chi connectivity index (χ2n) is 6.42. The third kappa shape index (κ3) is 5.10. The molecule has 0 saturated carbocycles. The van der Waals surface area contributed by atoms with Gasteiger partial charge in [-0.05, 0) is 24.5 Å². The third-order valence-electron chi connectivity index (χ3n) is 4.48. The van der Waals surface area contributed by atoms with Crippen LogP contribution < -0.4 is 5.32 Å². The van der Waals surface area contributed by atoms with E-state index in [-0.39, 0.29) is 23.5 Å². The first-order chi connectivity index (χ1) is 13.0. The number of likely N-dealkylation sites (tertiary alicyclic amines) is 1. The van der Waals surface area contributed by atoms with Gasteiger partial charge in [0.1, 0.15) is 0 Å². The number of anilines is 1. The molecule has 27 heavy (non-hydrogen) atoms. The lowest BCUT2D eigenvalue weighted by atomic mass is 9.96. The number of hydrogen-bond acceptors (Lipinski definition) is 5. The summed E-state index contributed by atoms with van der Waals surface area (Å²) in [6.07, 6.45) is 6.08. The minimum absolute atomic E-state index is 0.0382. The molecule has 0 aliphatic carbocycles. The van der Waals surface area contributed by atoms with Crippen molar-refractivity contribution in [2.45, 2.75) is 19.8 Å². The van der Waals surface area contributed by atoms with Crippen LogP contribution in [0.3, 0.4) is 0 Å². The van der Waals surface area contributed by atoms with Gasteiger partial charge in [0, 0.05) is 32.0 Å². The lowest BCUT2D eigenvalue weighted by Gasteiger charge is -2.30. The average Bonchev–Trinajstić information content (AvgIpc) is 3.16. The van der Waals surface area contributed by atoms with Crippen LogP contribution in [0.1, 0.15) is 35.0 Å². The first-order valence-electron chi connectivity index (χ1n) is 8.82. The number of nitrogens with one attached hydrogen (secondary N) is 1. The summed E-state index contributed by atoms with van der Waals surface area (Å²) < 4.78 is 0. The Kier molecular flexibility index (Phi) is 6.13. The van der Waals surface area contributed by atoms with E-state index in [4.69, 9.17) is 0 Å². The molecule has 1 saturated heterocycles. The molecule has 0 atom stereocenters. The van der Waals surface area contributed by atoms with Crippen molar-refractivity contribution in [3.05, 3.63) is 53.0 Å². The molecule has 1 fully saturated rings. The molecular weight excluding hydrogens is 362 g/mol. The summed E-state index contributed by atoms with van der Waals surface area (Å²) in [5.41, 5.74) is 0.980. The zero-order chi connectivity index (χ0) is 19.2. The normalized spacial score (nSPS) is 15.1. The molecule has 0 radical (unpaired) electrons. The zero-order valence-corrected chi connectivity index (χ0v) is 15.9. The summed E-state index contributed by atoms with van der Waals surface area (Å²) >= 11 is 1.18. The van der Waals surface area contributed by atoms with E-state index in [0.717, 1.165) is 5.56 Å². The second-order valence-corrected chi connectivity index (χ2v) is 7.45. The van der Waals surface area contributed by atoms with Gasteiger partial charge in [0.25, 0.3) is 0 Å². The molecule has 1 aliphatic heterocycles. The largest absolute Gasteiger partial charge is 0.339 e. The zero-order valence-electron chi connectivity index (χ0n) is 15.1. The predicted molar refractivity (Wildman–Crippen MR) is 106 cm³/mol. The van der Waals surface area contributed by atoms with Crippen molar-refractivity contribution in [2.75, 3.05) is 18.4 Å². The number of Topliss-reactive ketones (excluding diaryl/α,β-unsaturated/α-hetero) is 1. The molecule has 0 bridgehead atoms. The number of piperidine rings is 1. The summed E-state index contributed by atoms with van der Waals surface area (Å²) in [6, 6.07) is 9.67. The van der Waals surface area contributed by atoms with Crippen molar-refractivity contribution in [3.8, 4) is 0 Å². The highest BCUT2D eigenvalue weighted by Gasteiger charge is 2.27. The number of hydrogen-bond donors (Lipinski definition) is 1. The average molecular weight is 383 g/mol. The van der Waals surface area contributed by atoms with E-state index >= 15 is 0 Å². The van der Waals surface area contributed by atoms with Crippen molar-refractivity contribution < 1.29 is 14.4 Å². The van der Waals surface area contributed by atoms with E-state index in [1.807, 2.05) is 30.3 Å². The fourth-order valence-electron chi connectivity index (χ4n) is 2.90. The Balaban J connectivity index is 1.49. The van der Waals surface area contributed by atoms with Crippen molar-refractivity contribution >= 4 is 40.1 Å². The van der Waals surface area contributed by atoms with Gasteiger partial charge in [0.15, 0.2) is 10.9 Å². The number of rotatable bonds is 5. The van der Waals surface area contributed by atoms with Crippen LogP contribution in [0, 0.1) is 5.92 Å². The summed E-state index contributed by atoms with van der Waals surface area (Å²) in [7, 11) is 0. The first-order valence-corrected chi connectivity index (χ1v) is 9.64. The summed E-state index contributed by atoms with van der Waals surface area (Å²) in [6.45, 7) is 2.57. The van der Waals surface area contributed by atoms with E-state index in [1.165, 1.54) is 24.5 Å². The van der Waals surface area contributed by atoms with Gasteiger partial charge in [-0.2, -0.15) is 0 Å². The molecular formula is C20H21N3O3S. The number of thiazole rings is 1.